The van der Waals surface area contributed by atoms with Crippen molar-refractivity contribution >= 4 is 83.6 Å². The Morgan fingerprint density at radius 3 is 1.74 bits per heavy atom. The number of ether oxygens (including phenoxy) is 1. The molecule has 6 aromatic rings. The zero-order valence-corrected chi connectivity index (χ0v) is 32.4. The van der Waals surface area contributed by atoms with Crippen molar-refractivity contribution < 1.29 is 18.8 Å². The number of carbonyl (C=O) groups is 1. The van der Waals surface area contributed by atoms with Crippen molar-refractivity contribution in [3.63, 3.8) is 0 Å². The number of aromatic amines is 3. The molecule has 0 spiro atoms. The van der Waals surface area contributed by atoms with Gasteiger partial charge in [-0.3, -0.25) is 9.13 Å². The van der Waals surface area contributed by atoms with Crippen LogP contribution < -0.4 is 22.5 Å². The van der Waals surface area contributed by atoms with Crippen LogP contribution in [0.5, 0.6) is 0 Å². The van der Waals surface area contributed by atoms with E-state index in [0.29, 0.717) is 11.0 Å². The summed E-state index contributed by atoms with van der Waals surface area (Å²) in [6.45, 7) is 13.4. The van der Waals surface area contributed by atoms with Gasteiger partial charge in [-0.2, -0.15) is 4.57 Å². The van der Waals surface area contributed by atoms with Crippen LogP contribution in [0.1, 0.15) is 48.5 Å². The summed E-state index contributed by atoms with van der Waals surface area (Å²) >= 11 is 6.65. The lowest BCUT2D eigenvalue weighted by atomic mass is 9.79. The van der Waals surface area contributed by atoms with Crippen molar-refractivity contribution in [2.75, 3.05) is 0 Å². The average molecular weight is 814 g/mol. The number of aryl methyl sites for hydroxylation is 2. The van der Waals surface area contributed by atoms with Gasteiger partial charge in [-0.15, -0.1) is 0 Å². The van der Waals surface area contributed by atoms with Crippen LogP contribution in [0.15, 0.2) is 77.9 Å². The second-order valence-corrected chi connectivity index (χ2v) is 15.7. The number of carbonyl (C=O) groups excluding carboxylic acids is 1. The van der Waals surface area contributed by atoms with E-state index in [-0.39, 0.29) is 22.6 Å². The molecule has 1 fully saturated rings. The number of nitrogens with one attached hydrogen (secondary N) is 3. The summed E-state index contributed by atoms with van der Waals surface area (Å²) in [5.41, 5.74) is 3.37. The minimum Gasteiger partial charge on any atom is -0.443 e. The molecule has 1 aliphatic rings. The molecule has 7 rings (SSSR count). The molecule has 0 bridgehead atoms. The summed E-state index contributed by atoms with van der Waals surface area (Å²) in [5.74, 6) is 0. The molecule has 0 unspecified atom stereocenters. The number of halogens is 2. The Morgan fingerprint density at radius 2 is 1.18 bits per heavy atom. The van der Waals surface area contributed by atoms with Crippen molar-refractivity contribution in [2.45, 2.75) is 65.3 Å². The van der Waals surface area contributed by atoms with Gasteiger partial charge in [0.2, 0.25) is 0 Å². The highest BCUT2D eigenvalue weighted by molar-refractivity contribution is 9.10. The van der Waals surface area contributed by atoms with E-state index in [1.54, 1.807) is 62.2 Å². The van der Waals surface area contributed by atoms with E-state index in [9.17, 15) is 19.2 Å². The molecule has 0 atom stereocenters. The molecule has 1 saturated heterocycles. The SMILES string of the molecule is CC(C)(C)OC(=O)n1c(=O)[nH]c2cc(Br)ccc21.Cn1c(=O)[nH]c2ccc(B3OC(C)(C)C(C)(C)O3)cc21.Cn1c(=O)[nH]c2ccc(Br)cc21. The lowest BCUT2D eigenvalue weighted by molar-refractivity contribution is 0.00578. The fourth-order valence-electron chi connectivity index (χ4n) is 5.14. The van der Waals surface area contributed by atoms with Gasteiger partial charge in [0, 0.05) is 23.0 Å². The lowest BCUT2D eigenvalue weighted by Crippen LogP contribution is -2.41. The van der Waals surface area contributed by atoms with Gasteiger partial charge >= 0.3 is 30.3 Å². The van der Waals surface area contributed by atoms with E-state index in [4.69, 9.17) is 14.0 Å². The maximum absolute atomic E-state index is 12.0. The number of benzene rings is 3. The summed E-state index contributed by atoms with van der Waals surface area (Å²) in [5, 5.41) is 0. The minimum absolute atomic E-state index is 0.0805. The molecule has 13 nitrogen and oxygen atoms in total. The molecule has 3 aromatic carbocycles. The molecule has 16 heteroatoms. The second kappa shape index (κ2) is 13.5. The van der Waals surface area contributed by atoms with E-state index in [0.717, 1.165) is 41.0 Å². The number of nitrogens with zero attached hydrogens (tertiary/aromatic N) is 3. The first-order valence-corrected chi connectivity index (χ1v) is 17.3. The highest BCUT2D eigenvalue weighted by Crippen LogP contribution is 2.36. The van der Waals surface area contributed by atoms with E-state index >= 15 is 0 Å². The zero-order valence-electron chi connectivity index (χ0n) is 29.2. The Bertz CT molecular complexity index is 2390. The molecule has 0 saturated carbocycles. The molecule has 3 aromatic heterocycles. The zero-order chi connectivity index (χ0) is 36.9. The van der Waals surface area contributed by atoms with Crippen LogP contribution in [0.4, 0.5) is 4.79 Å². The monoisotopic (exact) mass is 812 g/mol. The first kappa shape index (κ1) is 37.1. The summed E-state index contributed by atoms with van der Waals surface area (Å²) in [6, 6.07) is 16.6. The van der Waals surface area contributed by atoms with Crippen molar-refractivity contribution in [3.05, 3.63) is 95.0 Å². The molecule has 1 aliphatic heterocycles. The predicted octanol–water partition coefficient (Wildman–Crippen LogP) is 5.67. The van der Waals surface area contributed by atoms with Crippen LogP contribution in [0.25, 0.3) is 33.1 Å². The molecular formula is C34H39BBr2N6O7. The number of rotatable bonds is 1. The first-order chi connectivity index (χ1) is 23.2. The Morgan fingerprint density at radius 1 is 0.700 bits per heavy atom. The van der Waals surface area contributed by atoms with Gasteiger partial charge in [0.1, 0.15) is 5.60 Å². The topological polar surface area (TPSA) is 158 Å². The van der Waals surface area contributed by atoms with Crippen LogP contribution in [0, 0.1) is 0 Å². The van der Waals surface area contributed by atoms with Crippen molar-refractivity contribution in [3.8, 4) is 0 Å². The second-order valence-electron chi connectivity index (χ2n) is 13.9. The largest absolute Gasteiger partial charge is 0.494 e. The van der Waals surface area contributed by atoms with E-state index in [1.165, 1.54) is 0 Å². The molecule has 0 aliphatic carbocycles. The highest BCUT2D eigenvalue weighted by Gasteiger charge is 2.51. The molecule has 264 valence electrons. The standard InChI is InChI=1S/C14H19BN2O3.C12H13BrN2O3.C8H7BrN2O/c1-13(2)14(3,4)20-15(19-13)9-6-7-10-11(8-9)17(5)12(18)16-10;1-12(2,3)18-11(17)15-9-5-4-7(13)6-8(9)14-10(15)16;1-11-7-4-5(9)2-3-6(7)10-8(11)12/h6-8H,1-5H3,(H,16,18);4-6H,1-3H3,(H,14,16);2-4H,1H3,(H,10,12). The molecule has 0 amide bonds. The fraction of sp³-hybridized carbons (Fsp3) is 0.353. The summed E-state index contributed by atoms with van der Waals surface area (Å²) in [4.78, 5) is 54.6. The number of hydrogen-bond acceptors (Lipinski definition) is 7. The molecule has 0 radical (unpaired) electrons. The minimum atomic E-state index is -0.680. The maximum Gasteiger partial charge on any atom is 0.494 e. The summed E-state index contributed by atoms with van der Waals surface area (Å²) < 4.78 is 23.2. The van der Waals surface area contributed by atoms with Crippen LogP contribution in [-0.2, 0) is 28.1 Å². The van der Waals surface area contributed by atoms with Gasteiger partial charge in [0.05, 0.1) is 44.3 Å². The third-order valence-electron chi connectivity index (χ3n) is 8.54. The van der Waals surface area contributed by atoms with Gasteiger partial charge in [-0.1, -0.05) is 37.9 Å². The van der Waals surface area contributed by atoms with Gasteiger partial charge in [-0.25, -0.2) is 19.2 Å². The third kappa shape index (κ3) is 7.62. The number of fused-ring (bicyclic) bond motifs is 3. The molecular weight excluding hydrogens is 775 g/mol. The van der Waals surface area contributed by atoms with Gasteiger partial charge in [-0.05, 0) is 102 Å². The quantitative estimate of drug-likeness (QED) is 0.181. The number of imidazole rings is 3. The van der Waals surface area contributed by atoms with Crippen LogP contribution in [-0.4, -0.2) is 58.7 Å². The molecule has 3 N–H and O–H groups in total. The van der Waals surface area contributed by atoms with Crippen molar-refractivity contribution in [2.24, 2.45) is 14.1 Å². The number of hydrogen-bond donors (Lipinski definition) is 3. The number of H-pyrrole nitrogens is 3. The Hall–Kier alpha value is -4.12. The normalized spacial score (nSPS) is 15.1. The number of aromatic nitrogens is 6. The Kier molecular flexibility index (Phi) is 10.1. The van der Waals surface area contributed by atoms with Crippen LogP contribution in [0.3, 0.4) is 0 Å². The maximum atomic E-state index is 12.0. The van der Waals surface area contributed by atoms with Crippen molar-refractivity contribution in [1.29, 1.82) is 0 Å². The summed E-state index contributed by atoms with van der Waals surface area (Å²) in [6.07, 6.45) is -0.680. The van der Waals surface area contributed by atoms with Gasteiger partial charge in [0.15, 0.2) is 0 Å². The van der Waals surface area contributed by atoms with Crippen molar-refractivity contribution in [1.82, 2.24) is 28.7 Å². The van der Waals surface area contributed by atoms with E-state index in [1.807, 2.05) is 64.1 Å². The molecule has 50 heavy (non-hydrogen) atoms. The molecule has 4 heterocycles. The van der Waals surface area contributed by atoms with Crippen LogP contribution >= 0.6 is 31.9 Å². The van der Waals surface area contributed by atoms with Gasteiger partial charge in [0.25, 0.3) is 0 Å². The summed E-state index contributed by atoms with van der Waals surface area (Å²) in [7, 11) is 3.08. The fourth-order valence-corrected chi connectivity index (χ4v) is 5.85. The third-order valence-corrected chi connectivity index (χ3v) is 9.53. The smallest absolute Gasteiger partial charge is 0.443 e. The first-order valence-electron chi connectivity index (χ1n) is 15.7. The van der Waals surface area contributed by atoms with Crippen LogP contribution in [0.2, 0.25) is 0 Å². The lowest BCUT2D eigenvalue weighted by Gasteiger charge is -2.32. The Labute approximate surface area is 304 Å². The van der Waals surface area contributed by atoms with E-state index in [2.05, 4.69) is 46.8 Å². The predicted molar refractivity (Wildman–Crippen MR) is 202 cm³/mol. The van der Waals surface area contributed by atoms with Gasteiger partial charge < -0.3 is 29.0 Å². The highest BCUT2D eigenvalue weighted by atomic mass is 79.9. The Balaban J connectivity index is 0.000000150. The van der Waals surface area contributed by atoms with E-state index < -0.39 is 24.5 Å². The average Bonchev–Trinajstić information content (AvgIpc) is 3.66.